The van der Waals surface area contributed by atoms with Crippen LogP contribution >= 0.6 is 0 Å². The predicted molar refractivity (Wildman–Crippen MR) is 77.1 cm³/mol. The zero-order chi connectivity index (χ0) is 14.2. The molecule has 0 fully saturated rings. The van der Waals surface area contributed by atoms with Gasteiger partial charge in [-0.25, -0.2) is 4.68 Å². The van der Waals surface area contributed by atoms with Gasteiger partial charge >= 0.3 is 0 Å². The third kappa shape index (κ3) is 2.46. The molecule has 3 nitrogen and oxygen atoms in total. The molecule has 0 atom stereocenters. The molecule has 0 radical (unpaired) electrons. The minimum Gasteiger partial charge on any atom is -0.298 e. The van der Waals surface area contributed by atoms with E-state index in [1.807, 2.05) is 18.5 Å². The summed E-state index contributed by atoms with van der Waals surface area (Å²) in [6.45, 7) is 10.3. The second kappa shape index (κ2) is 4.65. The van der Waals surface area contributed by atoms with Crippen molar-refractivity contribution in [2.24, 2.45) is 0 Å². The molecule has 0 saturated heterocycles. The second-order valence-corrected chi connectivity index (χ2v) is 5.91. The molecule has 2 aromatic rings. The average molecular weight is 256 g/mol. The predicted octanol–water partition coefficient (Wildman–Crippen LogP) is 3.60. The van der Waals surface area contributed by atoms with Crippen molar-refractivity contribution in [3.8, 4) is 5.69 Å². The van der Waals surface area contributed by atoms with E-state index in [1.54, 1.807) is 0 Å². The van der Waals surface area contributed by atoms with Gasteiger partial charge in [-0.05, 0) is 37.0 Å². The van der Waals surface area contributed by atoms with E-state index in [4.69, 9.17) is 0 Å². The minimum atomic E-state index is 0.140. The SMILES string of the molecule is Cc1nn(-c2ccc(C(C)(C)C)cc2)c(C)c1C=O. The summed E-state index contributed by atoms with van der Waals surface area (Å²) in [4.78, 5) is 11.0. The molecule has 0 spiro atoms. The topological polar surface area (TPSA) is 34.9 Å². The summed E-state index contributed by atoms with van der Waals surface area (Å²) in [5.74, 6) is 0. The normalized spacial score (nSPS) is 11.6. The summed E-state index contributed by atoms with van der Waals surface area (Å²) < 4.78 is 1.82. The lowest BCUT2D eigenvalue weighted by molar-refractivity contribution is 0.112. The van der Waals surface area contributed by atoms with Crippen LogP contribution in [0.4, 0.5) is 0 Å². The standard InChI is InChI=1S/C16H20N2O/c1-11-15(10-19)12(2)18(17-11)14-8-6-13(7-9-14)16(3,4)5/h6-10H,1-5H3. The fourth-order valence-electron chi connectivity index (χ4n) is 2.18. The van der Waals surface area contributed by atoms with Gasteiger partial charge in [-0.15, -0.1) is 0 Å². The van der Waals surface area contributed by atoms with Crippen molar-refractivity contribution in [2.45, 2.75) is 40.0 Å². The molecule has 3 heteroatoms. The van der Waals surface area contributed by atoms with Crippen LogP contribution in [0.1, 0.15) is 48.1 Å². The third-order valence-corrected chi connectivity index (χ3v) is 3.44. The highest BCUT2D eigenvalue weighted by molar-refractivity contribution is 5.78. The van der Waals surface area contributed by atoms with Crippen LogP contribution in [-0.2, 0) is 5.41 Å². The fourth-order valence-corrected chi connectivity index (χ4v) is 2.18. The van der Waals surface area contributed by atoms with Crippen LogP contribution in [0, 0.1) is 13.8 Å². The van der Waals surface area contributed by atoms with Gasteiger partial charge in [0.05, 0.1) is 22.6 Å². The quantitative estimate of drug-likeness (QED) is 0.769. The molecular weight excluding hydrogens is 236 g/mol. The van der Waals surface area contributed by atoms with Crippen molar-refractivity contribution in [3.05, 3.63) is 46.8 Å². The molecule has 1 heterocycles. The van der Waals surface area contributed by atoms with E-state index >= 15 is 0 Å². The Balaban J connectivity index is 2.46. The summed E-state index contributed by atoms with van der Waals surface area (Å²) in [5, 5.41) is 4.43. The summed E-state index contributed by atoms with van der Waals surface area (Å²) in [6, 6.07) is 8.34. The fraction of sp³-hybridized carbons (Fsp3) is 0.375. The molecule has 2 rings (SSSR count). The largest absolute Gasteiger partial charge is 0.298 e. The number of carbonyl (C=O) groups is 1. The number of aldehydes is 1. The van der Waals surface area contributed by atoms with E-state index in [-0.39, 0.29) is 5.41 Å². The molecule has 0 saturated carbocycles. The van der Waals surface area contributed by atoms with Gasteiger partial charge in [0.15, 0.2) is 6.29 Å². The van der Waals surface area contributed by atoms with Crippen LogP contribution in [0.15, 0.2) is 24.3 Å². The molecule has 1 aromatic heterocycles. The van der Waals surface area contributed by atoms with Crippen molar-refractivity contribution in [3.63, 3.8) is 0 Å². The number of benzene rings is 1. The Hall–Kier alpha value is -1.90. The molecular formula is C16H20N2O. The summed E-state index contributed by atoms with van der Waals surface area (Å²) in [7, 11) is 0. The van der Waals surface area contributed by atoms with Crippen LogP contribution in [0.5, 0.6) is 0 Å². The van der Waals surface area contributed by atoms with Crippen molar-refractivity contribution in [1.29, 1.82) is 0 Å². The summed E-state index contributed by atoms with van der Waals surface area (Å²) >= 11 is 0. The van der Waals surface area contributed by atoms with Crippen LogP contribution < -0.4 is 0 Å². The highest BCUT2D eigenvalue weighted by atomic mass is 16.1. The lowest BCUT2D eigenvalue weighted by atomic mass is 9.87. The Morgan fingerprint density at radius 2 is 1.68 bits per heavy atom. The number of rotatable bonds is 2. The maximum atomic E-state index is 11.0. The smallest absolute Gasteiger partial charge is 0.153 e. The lowest BCUT2D eigenvalue weighted by Crippen LogP contribution is -2.11. The first-order valence-electron chi connectivity index (χ1n) is 6.47. The van der Waals surface area contributed by atoms with Crippen molar-refractivity contribution in [2.75, 3.05) is 0 Å². The third-order valence-electron chi connectivity index (χ3n) is 3.44. The number of aromatic nitrogens is 2. The number of carbonyl (C=O) groups excluding carboxylic acids is 1. The Morgan fingerprint density at radius 1 is 1.11 bits per heavy atom. The Morgan fingerprint density at radius 3 is 2.11 bits per heavy atom. The molecule has 1 aromatic carbocycles. The van der Waals surface area contributed by atoms with Gasteiger partial charge in [0.2, 0.25) is 0 Å². The lowest BCUT2D eigenvalue weighted by Gasteiger charge is -2.19. The van der Waals surface area contributed by atoms with Crippen LogP contribution in [-0.4, -0.2) is 16.1 Å². The van der Waals surface area contributed by atoms with E-state index in [0.29, 0.717) is 5.56 Å². The van der Waals surface area contributed by atoms with Crippen LogP contribution in [0.3, 0.4) is 0 Å². The van der Waals surface area contributed by atoms with Gasteiger partial charge in [-0.2, -0.15) is 5.10 Å². The zero-order valence-corrected chi connectivity index (χ0v) is 12.2. The Bertz CT molecular complexity index is 601. The van der Waals surface area contributed by atoms with E-state index in [1.165, 1.54) is 5.56 Å². The first kappa shape index (κ1) is 13.5. The van der Waals surface area contributed by atoms with E-state index in [2.05, 4.69) is 50.1 Å². The summed E-state index contributed by atoms with van der Waals surface area (Å²) in [6.07, 6.45) is 0.873. The van der Waals surface area contributed by atoms with Crippen molar-refractivity contribution < 1.29 is 4.79 Å². The Kier molecular flexibility index (Phi) is 3.31. The molecule has 0 bridgehead atoms. The van der Waals surface area contributed by atoms with Gasteiger partial charge in [-0.3, -0.25) is 4.79 Å². The van der Waals surface area contributed by atoms with Crippen molar-refractivity contribution >= 4 is 6.29 Å². The molecule has 19 heavy (non-hydrogen) atoms. The van der Waals surface area contributed by atoms with Gasteiger partial charge < -0.3 is 0 Å². The van der Waals surface area contributed by atoms with Gasteiger partial charge in [0.1, 0.15) is 0 Å². The molecule has 0 N–H and O–H groups in total. The number of nitrogens with zero attached hydrogens (tertiary/aromatic N) is 2. The highest BCUT2D eigenvalue weighted by Gasteiger charge is 2.15. The zero-order valence-electron chi connectivity index (χ0n) is 12.2. The van der Waals surface area contributed by atoms with E-state index in [9.17, 15) is 4.79 Å². The summed E-state index contributed by atoms with van der Waals surface area (Å²) in [5.41, 5.74) is 4.75. The second-order valence-electron chi connectivity index (χ2n) is 5.91. The Labute approximate surface area is 114 Å². The molecule has 0 unspecified atom stereocenters. The maximum Gasteiger partial charge on any atom is 0.153 e. The number of aryl methyl sites for hydroxylation is 1. The van der Waals surface area contributed by atoms with Crippen LogP contribution in [0.2, 0.25) is 0 Å². The highest BCUT2D eigenvalue weighted by Crippen LogP contribution is 2.24. The van der Waals surface area contributed by atoms with E-state index in [0.717, 1.165) is 23.4 Å². The molecule has 0 aliphatic rings. The number of hydrogen-bond acceptors (Lipinski definition) is 2. The first-order chi connectivity index (χ1) is 8.84. The molecule has 0 amide bonds. The number of hydrogen-bond donors (Lipinski definition) is 0. The molecule has 0 aliphatic heterocycles. The molecule has 0 aliphatic carbocycles. The monoisotopic (exact) mass is 256 g/mol. The van der Waals surface area contributed by atoms with Gasteiger partial charge in [-0.1, -0.05) is 32.9 Å². The van der Waals surface area contributed by atoms with Crippen molar-refractivity contribution in [1.82, 2.24) is 9.78 Å². The average Bonchev–Trinajstić information content (AvgIpc) is 2.63. The molecule has 100 valence electrons. The van der Waals surface area contributed by atoms with Gasteiger partial charge in [0.25, 0.3) is 0 Å². The van der Waals surface area contributed by atoms with Gasteiger partial charge in [0, 0.05) is 0 Å². The first-order valence-corrected chi connectivity index (χ1v) is 6.47. The maximum absolute atomic E-state index is 11.0. The minimum absolute atomic E-state index is 0.140. The van der Waals surface area contributed by atoms with E-state index < -0.39 is 0 Å². The van der Waals surface area contributed by atoms with Crippen LogP contribution in [0.25, 0.3) is 5.69 Å².